The van der Waals surface area contributed by atoms with E-state index in [1.165, 1.54) is 0 Å². The third-order valence-electron chi connectivity index (χ3n) is 4.39. The van der Waals surface area contributed by atoms with Crippen molar-refractivity contribution in [3.05, 3.63) is 0 Å². The van der Waals surface area contributed by atoms with Gasteiger partial charge in [0, 0.05) is 13.0 Å². The Kier molecular flexibility index (Phi) is 12.0. The van der Waals surface area contributed by atoms with E-state index in [1.54, 1.807) is 6.92 Å². The predicted molar refractivity (Wildman–Crippen MR) is 107 cm³/mol. The van der Waals surface area contributed by atoms with Crippen molar-refractivity contribution in [1.82, 2.24) is 10.6 Å². The van der Waals surface area contributed by atoms with E-state index in [0.717, 1.165) is 0 Å². The minimum atomic E-state index is -1.21. The smallest absolute Gasteiger partial charge is 0.326 e. The van der Waals surface area contributed by atoms with Crippen LogP contribution in [0, 0.1) is 5.92 Å². The molecule has 0 rings (SSSR count). The van der Waals surface area contributed by atoms with Gasteiger partial charge in [0.1, 0.15) is 12.1 Å². The second-order valence-electron chi connectivity index (χ2n) is 6.83. The monoisotopic (exact) mass is 415 g/mol. The molecule has 0 fully saturated rings. The molecule has 11 N–H and O–H groups in total. The van der Waals surface area contributed by atoms with Crippen LogP contribution in [0.4, 0.5) is 0 Å². The van der Waals surface area contributed by atoms with Gasteiger partial charge >= 0.3 is 5.97 Å². The Morgan fingerprint density at radius 2 is 1.66 bits per heavy atom. The van der Waals surface area contributed by atoms with E-state index in [-0.39, 0.29) is 37.7 Å². The summed E-state index contributed by atoms with van der Waals surface area (Å²) < 4.78 is 0. The fraction of sp³-hybridized carbons (Fsp3) is 0.706. The van der Waals surface area contributed by atoms with Crippen LogP contribution in [-0.2, 0) is 19.2 Å². The van der Waals surface area contributed by atoms with Gasteiger partial charge in [0.25, 0.3) is 0 Å². The van der Waals surface area contributed by atoms with E-state index in [2.05, 4.69) is 15.6 Å². The third-order valence-corrected chi connectivity index (χ3v) is 4.39. The molecule has 0 aromatic heterocycles. The first-order valence-electron chi connectivity index (χ1n) is 9.42. The number of primary amides is 1. The fourth-order valence-electron chi connectivity index (χ4n) is 2.41. The summed E-state index contributed by atoms with van der Waals surface area (Å²) in [5.41, 5.74) is 21.2. The zero-order valence-corrected chi connectivity index (χ0v) is 16.9. The molecule has 0 spiro atoms. The number of rotatable bonds is 14. The molecule has 4 unspecified atom stereocenters. The highest BCUT2D eigenvalue weighted by atomic mass is 16.4. The number of nitrogens with one attached hydrogen (secondary N) is 2. The predicted octanol–water partition coefficient (Wildman–Crippen LogP) is -2.27. The SMILES string of the molecule is CCC(C)C(NC(=O)C(N)CCC(N)=O)C(=O)NC(CCCN=C(N)N)C(=O)O. The molecule has 166 valence electrons. The first-order chi connectivity index (χ1) is 13.5. The van der Waals surface area contributed by atoms with Gasteiger partial charge in [0.2, 0.25) is 17.7 Å². The Balaban J connectivity index is 5.02. The van der Waals surface area contributed by atoms with E-state index < -0.39 is 41.8 Å². The van der Waals surface area contributed by atoms with Gasteiger partial charge in [-0.25, -0.2) is 4.79 Å². The van der Waals surface area contributed by atoms with Crippen molar-refractivity contribution in [2.24, 2.45) is 33.8 Å². The lowest BCUT2D eigenvalue weighted by molar-refractivity contribution is -0.142. The van der Waals surface area contributed by atoms with Crippen LogP contribution in [0.5, 0.6) is 0 Å². The topological polar surface area (TPSA) is 229 Å². The average Bonchev–Trinajstić information content (AvgIpc) is 2.64. The zero-order valence-electron chi connectivity index (χ0n) is 16.9. The minimum Gasteiger partial charge on any atom is -0.480 e. The number of carbonyl (C=O) groups is 4. The Morgan fingerprint density at radius 1 is 1.03 bits per heavy atom. The quantitative estimate of drug-likeness (QED) is 0.0926. The maximum Gasteiger partial charge on any atom is 0.326 e. The largest absolute Gasteiger partial charge is 0.480 e. The van der Waals surface area contributed by atoms with Crippen LogP contribution in [0.15, 0.2) is 4.99 Å². The van der Waals surface area contributed by atoms with Crippen LogP contribution in [0.3, 0.4) is 0 Å². The van der Waals surface area contributed by atoms with Gasteiger partial charge in [0.05, 0.1) is 6.04 Å². The average molecular weight is 415 g/mol. The van der Waals surface area contributed by atoms with Gasteiger partial charge in [-0.1, -0.05) is 20.3 Å². The van der Waals surface area contributed by atoms with Crippen LogP contribution in [0.25, 0.3) is 0 Å². The van der Waals surface area contributed by atoms with Gasteiger partial charge < -0.3 is 38.7 Å². The number of nitrogens with two attached hydrogens (primary N) is 4. The number of carboxylic acids is 1. The van der Waals surface area contributed by atoms with Crippen molar-refractivity contribution in [2.75, 3.05) is 6.54 Å². The molecule has 3 amide bonds. The summed E-state index contributed by atoms with van der Waals surface area (Å²) in [7, 11) is 0. The standard InChI is InChI=1S/C17H33N7O5/c1-3-9(2)13(24-14(26)10(18)6-7-12(19)25)15(27)23-11(16(28)29)5-4-8-22-17(20)21/h9-11,13H,3-8,18H2,1-2H3,(H2,19,25)(H,23,27)(H,24,26)(H,28,29)(H4,20,21,22). The van der Waals surface area contributed by atoms with E-state index in [1.807, 2.05) is 6.92 Å². The Hall–Kier alpha value is -2.89. The van der Waals surface area contributed by atoms with Gasteiger partial charge in [-0.15, -0.1) is 0 Å². The molecule has 0 aliphatic carbocycles. The number of hydrogen-bond donors (Lipinski definition) is 7. The summed E-state index contributed by atoms with van der Waals surface area (Å²) >= 11 is 0. The summed E-state index contributed by atoms with van der Waals surface area (Å²) in [5, 5.41) is 14.3. The summed E-state index contributed by atoms with van der Waals surface area (Å²) in [4.78, 5) is 51.0. The van der Waals surface area contributed by atoms with Crippen LogP contribution in [0.1, 0.15) is 46.0 Å². The van der Waals surface area contributed by atoms with Gasteiger partial charge in [0.15, 0.2) is 5.96 Å². The summed E-state index contributed by atoms with van der Waals surface area (Å²) in [5.74, 6) is -3.44. The molecule has 0 aromatic rings. The Bertz CT molecular complexity index is 607. The number of aliphatic carboxylic acids is 1. The number of nitrogens with zero attached hydrogens (tertiary/aromatic N) is 1. The number of amides is 3. The van der Waals surface area contributed by atoms with Gasteiger partial charge in [-0.3, -0.25) is 19.4 Å². The fourth-order valence-corrected chi connectivity index (χ4v) is 2.41. The number of guanidine groups is 1. The lowest BCUT2D eigenvalue weighted by atomic mass is 9.97. The molecule has 29 heavy (non-hydrogen) atoms. The lowest BCUT2D eigenvalue weighted by Gasteiger charge is -2.26. The van der Waals surface area contributed by atoms with Crippen molar-refractivity contribution in [3.63, 3.8) is 0 Å². The highest BCUT2D eigenvalue weighted by Gasteiger charge is 2.30. The molecule has 0 heterocycles. The van der Waals surface area contributed by atoms with Crippen LogP contribution < -0.4 is 33.6 Å². The molecule has 12 nitrogen and oxygen atoms in total. The molecule has 0 aromatic carbocycles. The van der Waals surface area contributed by atoms with Crippen molar-refractivity contribution < 1.29 is 24.3 Å². The van der Waals surface area contributed by atoms with E-state index >= 15 is 0 Å². The number of carboxylic acid groups (broad SMARTS) is 1. The molecule has 0 saturated heterocycles. The summed E-state index contributed by atoms with van der Waals surface area (Å²) in [6, 6.07) is -3.16. The Morgan fingerprint density at radius 3 is 2.14 bits per heavy atom. The molecule has 12 heteroatoms. The highest BCUT2D eigenvalue weighted by Crippen LogP contribution is 2.10. The first kappa shape index (κ1) is 26.1. The van der Waals surface area contributed by atoms with Crippen molar-refractivity contribution >= 4 is 29.7 Å². The molecule has 0 aliphatic heterocycles. The van der Waals surface area contributed by atoms with Crippen molar-refractivity contribution in [3.8, 4) is 0 Å². The van der Waals surface area contributed by atoms with Gasteiger partial charge in [-0.2, -0.15) is 0 Å². The van der Waals surface area contributed by atoms with Crippen molar-refractivity contribution in [1.29, 1.82) is 0 Å². The van der Waals surface area contributed by atoms with Crippen LogP contribution in [0.2, 0.25) is 0 Å². The number of hydrogen-bond acceptors (Lipinski definition) is 6. The molecule has 0 radical (unpaired) electrons. The summed E-state index contributed by atoms with van der Waals surface area (Å²) in [6.45, 7) is 3.80. The van der Waals surface area contributed by atoms with E-state index in [9.17, 15) is 24.3 Å². The normalized spacial score (nSPS) is 14.7. The van der Waals surface area contributed by atoms with Crippen molar-refractivity contribution in [2.45, 2.75) is 64.1 Å². The van der Waals surface area contributed by atoms with Crippen LogP contribution in [-0.4, -0.2) is 59.4 Å². The zero-order chi connectivity index (χ0) is 22.6. The molecular weight excluding hydrogens is 382 g/mol. The van der Waals surface area contributed by atoms with Crippen LogP contribution >= 0.6 is 0 Å². The lowest BCUT2D eigenvalue weighted by Crippen LogP contribution is -2.56. The molecule has 0 bridgehead atoms. The Labute approximate surface area is 169 Å². The first-order valence-corrected chi connectivity index (χ1v) is 9.42. The second-order valence-corrected chi connectivity index (χ2v) is 6.83. The maximum atomic E-state index is 12.7. The molecule has 4 atom stereocenters. The molecule has 0 saturated carbocycles. The molecule has 0 aliphatic rings. The van der Waals surface area contributed by atoms with Gasteiger partial charge in [-0.05, 0) is 25.2 Å². The maximum absolute atomic E-state index is 12.7. The molecular formula is C17H33N7O5. The number of aliphatic imine (C=N–C) groups is 1. The number of carbonyl (C=O) groups excluding carboxylic acids is 3. The van der Waals surface area contributed by atoms with E-state index in [4.69, 9.17) is 22.9 Å². The highest BCUT2D eigenvalue weighted by molar-refractivity contribution is 5.92. The third kappa shape index (κ3) is 10.9. The minimum absolute atomic E-state index is 0.0402. The second kappa shape index (κ2) is 13.3. The summed E-state index contributed by atoms with van der Waals surface area (Å²) in [6.07, 6.45) is 0.978. The van der Waals surface area contributed by atoms with E-state index in [0.29, 0.717) is 12.8 Å².